The van der Waals surface area contributed by atoms with Gasteiger partial charge in [0.25, 0.3) is 5.91 Å². The minimum Gasteiger partial charge on any atom is -0.398 e. The Balaban J connectivity index is 2.22. The van der Waals surface area contributed by atoms with Gasteiger partial charge in [0.2, 0.25) is 5.95 Å². The molecule has 3 N–H and O–H groups in total. The zero-order valence-corrected chi connectivity index (χ0v) is 9.77. The minimum atomic E-state index is -0.594. The normalized spacial score (nSPS) is 10.1. The number of aryl methyl sites for hydroxylation is 1. The van der Waals surface area contributed by atoms with E-state index in [0.29, 0.717) is 16.9 Å². The van der Waals surface area contributed by atoms with E-state index in [4.69, 9.17) is 5.73 Å². The summed E-state index contributed by atoms with van der Waals surface area (Å²) in [5.74, 6) is -0.937. The molecule has 0 fully saturated rings. The number of rotatable bonds is 2. The first-order chi connectivity index (χ1) is 8.58. The summed E-state index contributed by atoms with van der Waals surface area (Å²) in [6, 6.07) is 7.82. The monoisotopic (exact) mass is 245 g/mol. The highest BCUT2D eigenvalue weighted by Gasteiger charge is 2.11. The van der Waals surface area contributed by atoms with Gasteiger partial charge in [-0.3, -0.25) is 4.79 Å². The molecule has 2 rings (SSSR count). The smallest absolute Gasteiger partial charge is 0.257 e. The molecule has 1 aromatic heterocycles. The summed E-state index contributed by atoms with van der Waals surface area (Å²) in [5, 5.41) is 2.61. The van der Waals surface area contributed by atoms with Crippen LogP contribution < -0.4 is 11.1 Å². The average molecular weight is 245 g/mol. The Labute approximate surface area is 104 Å². The highest BCUT2D eigenvalue weighted by atomic mass is 19.1. The van der Waals surface area contributed by atoms with Crippen LogP contribution in [-0.2, 0) is 0 Å². The summed E-state index contributed by atoms with van der Waals surface area (Å²) in [4.78, 5) is 15.4. The van der Waals surface area contributed by atoms with Crippen LogP contribution in [0, 0.1) is 12.9 Å². The zero-order valence-electron chi connectivity index (χ0n) is 9.77. The van der Waals surface area contributed by atoms with E-state index in [9.17, 15) is 9.18 Å². The standard InChI is InChI=1S/C13H12FN3O/c1-8-3-2-4-10(12(8)15)13(18)17-9-5-6-11(14)16-7-9/h2-7H,15H2,1H3,(H,17,18). The topological polar surface area (TPSA) is 68.0 Å². The van der Waals surface area contributed by atoms with Gasteiger partial charge in [0.15, 0.2) is 0 Å². The molecule has 0 atom stereocenters. The number of nitrogens with one attached hydrogen (secondary N) is 1. The summed E-state index contributed by atoms with van der Waals surface area (Å²) in [6.45, 7) is 1.82. The molecule has 0 bridgehead atoms. The molecule has 2 aromatic rings. The third kappa shape index (κ3) is 2.45. The molecule has 0 aliphatic rings. The Kier molecular flexibility index (Phi) is 3.23. The fraction of sp³-hybridized carbons (Fsp3) is 0.0769. The van der Waals surface area contributed by atoms with Crippen molar-refractivity contribution in [1.29, 1.82) is 0 Å². The van der Waals surface area contributed by atoms with E-state index in [-0.39, 0.29) is 5.91 Å². The molecule has 1 aromatic carbocycles. The van der Waals surface area contributed by atoms with Crippen molar-refractivity contribution in [2.75, 3.05) is 11.1 Å². The van der Waals surface area contributed by atoms with Gasteiger partial charge in [-0.15, -0.1) is 0 Å². The number of benzene rings is 1. The molecule has 0 unspecified atom stereocenters. The summed E-state index contributed by atoms with van der Waals surface area (Å²) in [6.07, 6.45) is 1.25. The SMILES string of the molecule is Cc1cccc(C(=O)Nc2ccc(F)nc2)c1N. The number of nitrogens with zero attached hydrogens (tertiary/aromatic N) is 1. The number of halogens is 1. The molecule has 5 heteroatoms. The number of aromatic nitrogens is 1. The lowest BCUT2D eigenvalue weighted by atomic mass is 10.1. The number of carbonyl (C=O) groups is 1. The van der Waals surface area contributed by atoms with Gasteiger partial charge in [0, 0.05) is 5.69 Å². The number of anilines is 2. The number of carbonyl (C=O) groups excluding carboxylic acids is 1. The largest absolute Gasteiger partial charge is 0.398 e. The summed E-state index contributed by atoms with van der Waals surface area (Å²) >= 11 is 0. The molecule has 0 radical (unpaired) electrons. The van der Waals surface area contributed by atoms with Gasteiger partial charge in [-0.25, -0.2) is 4.98 Å². The van der Waals surface area contributed by atoms with E-state index >= 15 is 0 Å². The number of nitrogens with two attached hydrogens (primary N) is 1. The fourth-order valence-corrected chi connectivity index (χ4v) is 1.53. The van der Waals surface area contributed by atoms with Crippen molar-refractivity contribution in [3.8, 4) is 0 Å². The molecule has 0 aliphatic heterocycles. The Morgan fingerprint density at radius 1 is 1.33 bits per heavy atom. The Morgan fingerprint density at radius 3 is 2.78 bits per heavy atom. The summed E-state index contributed by atoms with van der Waals surface area (Å²) in [5.41, 5.74) is 7.90. The van der Waals surface area contributed by atoms with Crippen LogP contribution in [0.25, 0.3) is 0 Å². The van der Waals surface area contributed by atoms with Crippen LogP contribution in [0.3, 0.4) is 0 Å². The number of hydrogen-bond donors (Lipinski definition) is 2. The van der Waals surface area contributed by atoms with Gasteiger partial charge in [-0.2, -0.15) is 4.39 Å². The van der Waals surface area contributed by atoms with Crippen molar-refractivity contribution in [2.45, 2.75) is 6.92 Å². The van der Waals surface area contributed by atoms with Gasteiger partial charge >= 0.3 is 0 Å². The summed E-state index contributed by atoms with van der Waals surface area (Å²) in [7, 11) is 0. The van der Waals surface area contributed by atoms with Crippen molar-refractivity contribution < 1.29 is 9.18 Å². The highest BCUT2D eigenvalue weighted by Crippen LogP contribution is 2.18. The predicted octanol–water partition coefficient (Wildman–Crippen LogP) is 2.36. The van der Waals surface area contributed by atoms with Crippen LogP contribution in [0.4, 0.5) is 15.8 Å². The second kappa shape index (κ2) is 4.83. The third-order valence-corrected chi connectivity index (χ3v) is 2.55. The number of amides is 1. The maximum absolute atomic E-state index is 12.6. The van der Waals surface area contributed by atoms with Crippen LogP contribution in [0.2, 0.25) is 0 Å². The van der Waals surface area contributed by atoms with Crippen LogP contribution in [0.1, 0.15) is 15.9 Å². The molecule has 0 saturated carbocycles. The van der Waals surface area contributed by atoms with Gasteiger partial charge in [-0.1, -0.05) is 12.1 Å². The number of para-hydroxylation sites is 1. The van der Waals surface area contributed by atoms with Crippen molar-refractivity contribution >= 4 is 17.3 Å². The second-order valence-corrected chi connectivity index (χ2v) is 3.86. The van der Waals surface area contributed by atoms with Crippen LogP contribution in [0.5, 0.6) is 0 Å². The molecular formula is C13H12FN3O. The van der Waals surface area contributed by atoms with E-state index in [1.54, 1.807) is 12.1 Å². The van der Waals surface area contributed by atoms with E-state index in [1.807, 2.05) is 13.0 Å². The van der Waals surface area contributed by atoms with Crippen molar-refractivity contribution in [3.05, 3.63) is 53.6 Å². The van der Waals surface area contributed by atoms with Crippen molar-refractivity contribution in [3.63, 3.8) is 0 Å². The van der Waals surface area contributed by atoms with Crippen molar-refractivity contribution in [1.82, 2.24) is 4.98 Å². The van der Waals surface area contributed by atoms with E-state index in [1.165, 1.54) is 18.3 Å². The Morgan fingerprint density at radius 2 is 2.11 bits per heavy atom. The van der Waals surface area contributed by atoms with Gasteiger partial charge in [0.1, 0.15) is 0 Å². The fourth-order valence-electron chi connectivity index (χ4n) is 1.53. The lowest BCUT2D eigenvalue weighted by Gasteiger charge is -2.08. The van der Waals surface area contributed by atoms with E-state index in [0.717, 1.165) is 5.56 Å². The first-order valence-corrected chi connectivity index (χ1v) is 5.36. The van der Waals surface area contributed by atoms with E-state index in [2.05, 4.69) is 10.3 Å². The van der Waals surface area contributed by atoms with Crippen LogP contribution in [-0.4, -0.2) is 10.9 Å². The molecule has 0 saturated heterocycles. The Hall–Kier alpha value is -2.43. The lowest BCUT2D eigenvalue weighted by Crippen LogP contribution is -2.14. The summed E-state index contributed by atoms with van der Waals surface area (Å²) < 4.78 is 12.6. The second-order valence-electron chi connectivity index (χ2n) is 3.86. The molecule has 0 aliphatic carbocycles. The van der Waals surface area contributed by atoms with Crippen LogP contribution >= 0.6 is 0 Å². The number of pyridine rings is 1. The van der Waals surface area contributed by atoms with Crippen LogP contribution in [0.15, 0.2) is 36.5 Å². The maximum atomic E-state index is 12.6. The molecule has 0 spiro atoms. The first-order valence-electron chi connectivity index (χ1n) is 5.36. The van der Waals surface area contributed by atoms with E-state index < -0.39 is 5.95 Å². The zero-order chi connectivity index (χ0) is 13.1. The highest BCUT2D eigenvalue weighted by molar-refractivity contribution is 6.08. The molecule has 4 nitrogen and oxygen atoms in total. The van der Waals surface area contributed by atoms with Gasteiger partial charge in [-0.05, 0) is 30.7 Å². The maximum Gasteiger partial charge on any atom is 0.257 e. The van der Waals surface area contributed by atoms with Gasteiger partial charge < -0.3 is 11.1 Å². The number of hydrogen-bond acceptors (Lipinski definition) is 3. The molecule has 1 amide bonds. The third-order valence-electron chi connectivity index (χ3n) is 2.55. The van der Waals surface area contributed by atoms with Crippen molar-refractivity contribution in [2.24, 2.45) is 0 Å². The quantitative estimate of drug-likeness (QED) is 0.630. The first kappa shape index (κ1) is 12.0. The molecule has 92 valence electrons. The van der Waals surface area contributed by atoms with Gasteiger partial charge in [0.05, 0.1) is 17.4 Å². The Bertz CT molecular complexity index is 581. The minimum absolute atomic E-state index is 0.343. The number of nitrogen functional groups attached to an aromatic ring is 1. The lowest BCUT2D eigenvalue weighted by molar-refractivity contribution is 0.102. The molecular weight excluding hydrogens is 233 g/mol. The average Bonchev–Trinajstić information content (AvgIpc) is 2.35. The predicted molar refractivity (Wildman–Crippen MR) is 67.7 cm³/mol. The molecule has 1 heterocycles. The molecule has 18 heavy (non-hydrogen) atoms.